The van der Waals surface area contributed by atoms with E-state index in [2.05, 4.69) is 26.5 Å². The molecule has 10 heteroatoms. The molecule has 2 aliphatic heterocycles. The Morgan fingerprint density at radius 3 is 3.04 bits per heavy atom. The van der Waals surface area contributed by atoms with Gasteiger partial charge in [0, 0.05) is 12.6 Å². The van der Waals surface area contributed by atoms with Gasteiger partial charge in [-0.2, -0.15) is 0 Å². The molecule has 2 atom stereocenters. The number of thioether (sulfide) groups is 1. The highest BCUT2D eigenvalue weighted by Crippen LogP contribution is 2.18. The van der Waals surface area contributed by atoms with Gasteiger partial charge in [0.15, 0.2) is 5.17 Å². The Bertz CT molecular complexity index is 684. The summed E-state index contributed by atoms with van der Waals surface area (Å²) in [6, 6.07) is 2.88. The number of hydrogen-bond donors (Lipinski definition) is 4. The van der Waals surface area contributed by atoms with Crippen LogP contribution in [0.15, 0.2) is 23.2 Å². The molecule has 2 aliphatic rings. The molecule has 1 fully saturated rings. The Labute approximate surface area is 134 Å². The lowest BCUT2D eigenvalue weighted by molar-refractivity contribution is -0.123. The molecule has 1 aromatic carbocycles. The van der Waals surface area contributed by atoms with Crippen LogP contribution in [-0.4, -0.2) is 35.4 Å². The summed E-state index contributed by atoms with van der Waals surface area (Å²) in [5.41, 5.74) is 5.60. The predicted molar refractivity (Wildman–Crippen MR) is 81.4 cm³/mol. The summed E-state index contributed by atoms with van der Waals surface area (Å²) in [5, 5.41) is 5.28. The second-order valence-electron chi connectivity index (χ2n) is 4.96. The Morgan fingerprint density at radius 1 is 1.43 bits per heavy atom. The average molecular weight is 341 g/mol. The number of amidine groups is 1. The van der Waals surface area contributed by atoms with Crippen LogP contribution in [0.3, 0.4) is 0 Å². The zero-order chi connectivity index (χ0) is 16.4. The van der Waals surface area contributed by atoms with Crippen LogP contribution in [0.1, 0.15) is 0 Å². The van der Waals surface area contributed by atoms with E-state index in [1.807, 2.05) is 0 Å². The van der Waals surface area contributed by atoms with Crippen molar-refractivity contribution in [3.05, 3.63) is 29.8 Å². The molecular weight excluding hydrogens is 328 g/mol. The summed E-state index contributed by atoms with van der Waals surface area (Å²) in [4.78, 5) is 27.9. The van der Waals surface area contributed by atoms with Crippen molar-refractivity contribution in [1.29, 1.82) is 0 Å². The Balaban J connectivity index is 1.56. The number of anilines is 1. The van der Waals surface area contributed by atoms with Crippen molar-refractivity contribution < 1.29 is 18.4 Å². The molecule has 2 heterocycles. The molecule has 0 aromatic heterocycles. The third-order valence-electron chi connectivity index (χ3n) is 3.32. The third kappa shape index (κ3) is 3.66. The maximum atomic E-state index is 13.4. The van der Waals surface area contributed by atoms with E-state index in [-0.39, 0.29) is 29.4 Å². The number of nitrogens with one attached hydrogen (secondary N) is 4. The van der Waals surface area contributed by atoms with Crippen LogP contribution in [0, 0.1) is 17.6 Å². The molecular formula is C13H13F2N5O2S. The van der Waals surface area contributed by atoms with Crippen molar-refractivity contribution in [3.63, 3.8) is 0 Å². The lowest BCUT2D eigenvalue weighted by atomic mass is 10.1. The van der Waals surface area contributed by atoms with E-state index in [0.29, 0.717) is 17.8 Å². The van der Waals surface area contributed by atoms with E-state index in [9.17, 15) is 18.4 Å². The molecule has 122 valence electrons. The number of aliphatic imine (C=N–C) groups is 1. The second-order valence-corrected chi connectivity index (χ2v) is 5.93. The first-order valence-corrected chi connectivity index (χ1v) is 7.76. The van der Waals surface area contributed by atoms with Crippen LogP contribution in [0.4, 0.5) is 14.5 Å². The third-order valence-corrected chi connectivity index (χ3v) is 4.21. The summed E-state index contributed by atoms with van der Waals surface area (Å²) in [5.74, 6) is -2.58. The predicted octanol–water partition coefficient (Wildman–Crippen LogP) is 0.172. The Hall–Kier alpha value is -2.04. The summed E-state index contributed by atoms with van der Waals surface area (Å²) in [6.45, 7) is 0.488. The smallest absolute Gasteiger partial charge is 0.234 e. The van der Waals surface area contributed by atoms with E-state index < -0.39 is 17.5 Å². The fraction of sp³-hybridized carbons (Fsp3) is 0.308. The zero-order valence-corrected chi connectivity index (χ0v) is 12.5. The summed E-state index contributed by atoms with van der Waals surface area (Å²) in [6.07, 6.45) is -0.358. The molecule has 0 spiro atoms. The Kier molecular flexibility index (Phi) is 4.55. The first-order valence-electron chi connectivity index (χ1n) is 6.77. The lowest BCUT2D eigenvalue weighted by Crippen LogP contribution is -2.46. The quantitative estimate of drug-likeness (QED) is 0.629. The summed E-state index contributed by atoms with van der Waals surface area (Å²) in [7, 11) is 0. The number of rotatable bonds is 3. The molecule has 0 bridgehead atoms. The van der Waals surface area contributed by atoms with Crippen LogP contribution in [0.25, 0.3) is 0 Å². The van der Waals surface area contributed by atoms with Gasteiger partial charge >= 0.3 is 0 Å². The van der Waals surface area contributed by atoms with Crippen LogP contribution < -0.4 is 21.5 Å². The second kappa shape index (κ2) is 6.60. The summed E-state index contributed by atoms with van der Waals surface area (Å²) >= 11 is 1.03. The number of carbonyl (C=O) groups excluding carboxylic acids is 2. The molecule has 4 N–H and O–H groups in total. The topological polar surface area (TPSA) is 94.6 Å². The van der Waals surface area contributed by atoms with Crippen molar-refractivity contribution in [3.8, 4) is 0 Å². The monoisotopic (exact) mass is 341 g/mol. The Morgan fingerprint density at radius 2 is 2.26 bits per heavy atom. The standard InChI is InChI=1S/C13H13F2N5O2S/c14-6-1-2-9(8(15)3-6)17-10(21)5-23-13-18-11-7(4-16-20-11)12(22)19-13/h1-3,7,11,16,20H,4-5H2,(H,17,21)(H,18,19,22). The molecule has 0 saturated carbocycles. The fourth-order valence-corrected chi connectivity index (χ4v) is 2.89. The van der Waals surface area contributed by atoms with E-state index in [1.54, 1.807) is 0 Å². The van der Waals surface area contributed by atoms with Crippen LogP contribution in [0.5, 0.6) is 0 Å². The number of fused-ring (bicyclic) bond motifs is 1. The number of nitrogens with zero attached hydrogens (tertiary/aromatic N) is 1. The van der Waals surface area contributed by atoms with Gasteiger partial charge in [0.05, 0.1) is 17.4 Å². The highest BCUT2D eigenvalue weighted by Gasteiger charge is 2.36. The fourth-order valence-electron chi connectivity index (χ4n) is 2.19. The lowest BCUT2D eigenvalue weighted by Gasteiger charge is -2.21. The number of hydrogen-bond acceptors (Lipinski definition) is 6. The van der Waals surface area contributed by atoms with Crippen molar-refractivity contribution in [2.24, 2.45) is 10.9 Å². The van der Waals surface area contributed by atoms with Gasteiger partial charge < -0.3 is 10.6 Å². The van der Waals surface area contributed by atoms with Crippen LogP contribution >= 0.6 is 11.8 Å². The molecule has 23 heavy (non-hydrogen) atoms. The number of halogens is 2. The largest absolute Gasteiger partial charge is 0.323 e. The van der Waals surface area contributed by atoms with Crippen LogP contribution in [-0.2, 0) is 9.59 Å². The van der Waals surface area contributed by atoms with E-state index >= 15 is 0 Å². The van der Waals surface area contributed by atoms with Gasteiger partial charge in [-0.15, -0.1) is 0 Å². The highest BCUT2D eigenvalue weighted by molar-refractivity contribution is 8.14. The number of hydrazine groups is 1. The maximum Gasteiger partial charge on any atom is 0.234 e. The molecule has 0 aliphatic carbocycles. The maximum absolute atomic E-state index is 13.4. The van der Waals surface area contributed by atoms with Gasteiger partial charge in [-0.25, -0.2) is 19.2 Å². The molecule has 3 rings (SSSR count). The minimum Gasteiger partial charge on any atom is -0.323 e. The molecule has 1 saturated heterocycles. The average Bonchev–Trinajstić information content (AvgIpc) is 2.97. The first-order chi connectivity index (χ1) is 11.0. The first kappa shape index (κ1) is 15.8. The van der Waals surface area contributed by atoms with Crippen molar-refractivity contribution in [1.82, 2.24) is 16.2 Å². The molecule has 2 amide bonds. The van der Waals surface area contributed by atoms with Gasteiger partial charge in [-0.05, 0) is 12.1 Å². The SMILES string of the molecule is O=C(CSC1=NC2NNCC2C(=O)N1)Nc1ccc(F)cc1F. The molecule has 0 radical (unpaired) electrons. The van der Waals surface area contributed by atoms with Crippen molar-refractivity contribution in [2.45, 2.75) is 6.17 Å². The van der Waals surface area contributed by atoms with E-state index in [1.165, 1.54) is 0 Å². The van der Waals surface area contributed by atoms with Gasteiger partial charge in [0.2, 0.25) is 11.8 Å². The van der Waals surface area contributed by atoms with Gasteiger partial charge in [-0.3, -0.25) is 15.0 Å². The van der Waals surface area contributed by atoms with Crippen molar-refractivity contribution in [2.75, 3.05) is 17.6 Å². The van der Waals surface area contributed by atoms with Gasteiger partial charge in [-0.1, -0.05) is 11.8 Å². The van der Waals surface area contributed by atoms with Crippen molar-refractivity contribution >= 4 is 34.4 Å². The van der Waals surface area contributed by atoms with Gasteiger partial charge in [0.1, 0.15) is 17.8 Å². The van der Waals surface area contributed by atoms with Gasteiger partial charge in [0.25, 0.3) is 0 Å². The van der Waals surface area contributed by atoms with E-state index in [0.717, 1.165) is 23.9 Å². The number of carbonyl (C=O) groups is 2. The number of amides is 2. The van der Waals surface area contributed by atoms with Crippen LogP contribution in [0.2, 0.25) is 0 Å². The molecule has 2 unspecified atom stereocenters. The summed E-state index contributed by atoms with van der Waals surface area (Å²) < 4.78 is 26.2. The number of benzene rings is 1. The normalized spacial score (nSPS) is 23.0. The molecule has 7 nitrogen and oxygen atoms in total. The minimum atomic E-state index is -0.851. The van der Waals surface area contributed by atoms with E-state index in [4.69, 9.17) is 0 Å². The minimum absolute atomic E-state index is 0.0687. The molecule has 1 aromatic rings. The highest BCUT2D eigenvalue weighted by atomic mass is 32.2. The zero-order valence-electron chi connectivity index (χ0n) is 11.7.